The van der Waals surface area contributed by atoms with Gasteiger partial charge in [0.05, 0.1) is 17.6 Å². The molecule has 0 heterocycles. The molecular formula is C6H14O3S. The second kappa shape index (κ2) is 3.93. The zero-order chi connectivity index (χ0) is 8.20. The second-order valence-electron chi connectivity index (χ2n) is 2.46. The maximum atomic E-state index is 10.9. The number of sulfone groups is 1. The summed E-state index contributed by atoms with van der Waals surface area (Å²) in [7, 11) is -2.98. The van der Waals surface area contributed by atoms with E-state index in [1.54, 1.807) is 6.92 Å². The van der Waals surface area contributed by atoms with E-state index in [0.717, 1.165) is 0 Å². The molecule has 0 aliphatic heterocycles. The molecule has 0 radical (unpaired) electrons. The topological polar surface area (TPSA) is 54.4 Å². The van der Waals surface area contributed by atoms with Crippen LogP contribution in [0, 0.1) is 0 Å². The number of rotatable bonds is 4. The van der Waals surface area contributed by atoms with Crippen molar-refractivity contribution in [1.29, 1.82) is 0 Å². The highest BCUT2D eigenvalue weighted by atomic mass is 32.2. The molecule has 0 aromatic rings. The molecule has 3 nitrogen and oxygen atoms in total. The van der Waals surface area contributed by atoms with Crippen LogP contribution in [0.15, 0.2) is 0 Å². The van der Waals surface area contributed by atoms with E-state index in [1.165, 1.54) is 6.92 Å². The van der Waals surface area contributed by atoms with Gasteiger partial charge in [0.15, 0.2) is 9.84 Å². The molecule has 0 saturated carbocycles. The Morgan fingerprint density at radius 1 is 1.50 bits per heavy atom. The first-order valence-electron chi connectivity index (χ1n) is 3.36. The van der Waals surface area contributed by atoms with Crippen molar-refractivity contribution in [2.24, 2.45) is 0 Å². The van der Waals surface area contributed by atoms with E-state index < -0.39 is 15.9 Å². The molecule has 0 saturated heterocycles. The molecule has 4 heteroatoms. The molecule has 0 aromatic carbocycles. The molecule has 10 heavy (non-hydrogen) atoms. The lowest BCUT2D eigenvalue weighted by atomic mass is 10.5. The van der Waals surface area contributed by atoms with Crippen molar-refractivity contribution in [1.82, 2.24) is 0 Å². The summed E-state index contributed by atoms with van der Waals surface area (Å²) in [5.74, 6) is 0.0682. The van der Waals surface area contributed by atoms with E-state index in [-0.39, 0.29) is 11.5 Å². The van der Waals surface area contributed by atoms with E-state index in [2.05, 4.69) is 0 Å². The van der Waals surface area contributed by atoms with Crippen molar-refractivity contribution in [3.63, 3.8) is 0 Å². The number of hydrogen-bond acceptors (Lipinski definition) is 3. The molecule has 1 N–H and O–H groups in total. The Labute approximate surface area is 62.0 Å². The molecule has 0 aliphatic carbocycles. The summed E-state index contributed by atoms with van der Waals surface area (Å²) in [6, 6.07) is 0. The first kappa shape index (κ1) is 9.91. The lowest BCUT2D eigenvalue weighted by Crippen LogP contribution is -2.19. The van der Waals surface area contributed by atoms with Gasteiger partial charge in [-0.1, -0.05) is 6.92 Å². The van der Waals surface area contributed by atoms with Crippen molar-refractivity contribution < 1.29 is 13.5 Å². The standard InChI is InChI=1S/C6H14O3S/c1-3-4-10(8,9)5-6(2)7/h6-7H,3-5H2,1-2H3. The van der Waals surface area contributed by atoms with Crippen molar-refractivity contribution in [2.45, 2.75) is 26.4 Å². The van der Waals surface area contributed by atoms with Gasteiger partial charge in [0.25, 0.3) is 0 Å². The molecule has 1 atom stereocenters. The lowest BCUT2D eigenvalue weighted by molar-refractivity contribution is 0.218. The van der Waals surface area contributed by atoms with Gasteiger partial charge in [0.2, 0.25) is 0 Å². The van der Waals surface area contributed by atoms with E-state index in [1.807, 2.05) is 0 Å². The molecular weight excluding hydrogens is 152 g/mol. The molecule has 1 unspecified atom stereocenters. The minimum absolute atomic E-state index is 0.110. The first-order chi connectivity index (χ1) is 4.48. The van der Waals surface area contributed by atoms with E-state index in [9.17, 15) is 8.42 Å². The van der Waals surface area contributed by atoms with Crippen LogP contribution < -0.4 is 0 Å². The van der Waals surface area contributed by atoms with E-state index in [0.29, 0.717) is 6.42 Å². The largest absolute Gasteiger partial charge is 0.392 e. The summed E-state index contributed by atoms with van der Waals surface area (Å²) in [5, 5.41) is 8.74. The Balaban J connectivity index is 3.89. The Morgan fingerprint density at radius 2 is 2.00 bits per heavy atom. The van der Waals surface area contributed by atoms with Gasteiger partial charge in [-0.3, -0.25) is 0 Å². The highest BCUT2D eigenvalue weighted by Gasteiger charge is 2.11. The molecule has 62 valence electrons. The zero-order valence-corrected chi connectivity index (χ0v) is 7.19. The van der Waals surface area contributed by atoms with Gasteiger partial charge in [-0.05, 0) is 13.3 Å². The van der Waals surface area contributed by atoms with Gasteiger partial charge in [0.1, 0.15) is 0 Å². The van der Waals surface area contributed by atoms with E-state index >= 15 is 0 Å². The van der Waals surface area contributed by atoms with Crippen LogP contribution >= 0.6 is 0 Å². The van der Waals surface area contributed by atoms with Crippen LogP contribution in [0.5, 0.6) is 0 Å². The Kier molecular flexibility index (Phi) is 3.89. The molecule has 0 fully saturated rings. The first-order valence-corrected chi connectivity index (χ1v) is 5.18. The SMILES string of the molecule is CCCS(=O)(=O)CC(C)O. The van der Waals surface area contributed by atoms with Gasteiger partial charge in [-0.2, -0.15) is 0 Å². The van der Waals surface area contributed by atoms with Crippen LogP contribution in [-0.4, -0.2) is 31.1 Å². The minimum Gasteiger partial charge on any atom is -0.392 e. The van der Waals surface area contributed by atoms with Crippen molar-refractivity contribution in [3.05, 3.63) is 0 Å². The van der Waals surface area contributed by atoms with Gasteiger partial charge >= 0.3 is 0 Å². The molecule has 0 amide bonds. The summed E-state index contributed by atoms with van der Waals surface area (Å²) in [6.07, 6.45) is -0.119. The average Bonchev–Trinajstić information content (AvgIpc) is 1.59. The minimum atomic E-state index is -2.98. The fraction of sp³-hybridized carbons (Fsp3) is 1.00. The third-order valence-corrected chi connectivity index (χ3v) is 3.03. The summed E-state index contributed by atoms with van der Waals surface area (Å²) in [6.45, 7) is 3.28. The monoisotopic (exact) mass is 166 g/mol. The van der Waals surface area contributed by atoms with Crippen LogP contribution in [0.3, 0.4) is 0 Å². The number of aliphatic hydroxyl groups excluding tert-OH is 1. The zero-order valence-electron chi connectivity index (χ0n) is 6.37. The molecule has 0 aromatic heterocycles. The van der Waals surface area contributed by atoms with Crippen LogP contribution in [0.4, 0.5) is 0 Å². The van der Waals surface area contributed by atoms with Crippen molar-refractivity contribution in [2.75, 3.05) is 11.5 Å². The van der Waals surface area contributed by atoms with Crippen LogP contribution in [0.2, 0.25) is 0 Å². The van der Waals surface area contributed by atoms with Gasteiger partial charge in [0, 0.05) is 0 Å². The van der Waals surface area contributed by atoms with Crippen molar-refractivity contribution >= 4 is 9.84 Å². The third-order valence-electron chi connectivity index (χ3n) is 1.01. The van der Waals surface area contributed by atoms with Crippen LogP contribution in [0.25, 0.3) is 0 Å². The number of hydrogen-bond donors (Lipinski definition) is 1. The Bertz CT molecular complexity index is 169. The highest BCUT2D eigenvalue weighted by Crippen LogP contribution is 1.96. The third kappa shape index (κ3) is 4.76. The second-order valence-corrected chi connectivity index (χ2v) is 4.69. The summed E-state index contributed by atoms with van der Waals surface area (Å²) < 4.78 is 21.8. The van der Waals surface area contributed by atoms with Gasteiger partial charge in [-0.15, -0.1) is 0 Å². The van der Waals surface area contributed by atoms with Crippen LogP contribution in [-0.2, 0) is 9.84 Å². The van der Waals surface area contributed by atoms with Crippen molar-refractivity contribution in [3.8, 4) is 0 Å². The van der Waals surface area contributed by atoms with E-state index in [4.69, 9.17) is 5.11 Å². The predicted octanol–water partition coefficient (Wildman–Crippen LogP) is 0.192. The number of aliphatic hydroxyl groups is 1. The van der Waals surface area contributed by atoms with Gasteiger partial charge < -0.3 is 5.11 Å². The maximum Gasteiger partial charge on any atom is 0.152 e. The fourth-order valence-corrected chi connectivity index (χ4v) is 2.29. The Hall–Kier alpha value is -0.0900. The molecule has 0 spiro atoms. The molecule has 0 bridgehead atoms. The molecule has 0 rings (SSSR count). The van der Waals surface area contributed by atoms with Gasteiger partial charge in [-0.25, -0.2) is 8.42 Å². The summed E-state index contributed by atoms with van der Waals surface area (Å²) in [5.41, 5.74) is 0. The summed E-state index contributed by atoms with van der Waals surface area (Å²) >= 11 is 0. The smallest absolute Gasteiger partial charge is 0.152 e. The van der Waals surface area contributed by atoms with Crippen LogP contribution in [0.1, 0.15) is 20.3 Å². The fourth-order valence-electron chi connectivity index (χ4n) is 0.762. The lowest BCUT2D eigenvalue weighted by Gasteiger charge is -2.03. The normalized spacial score (nSPS) is 15.1. The highest BCUT2D eigenvalue weighted by molar-refractivity contribution is 7.91. The summed E-state index contributed by atoms with van der Waals surface area (Å²) in [4.78, 5) is 0. The Morgan fingerprint density at radius 3 is 2.30 bits per heavy atom. The predicted molar refractivity (Wildman–Crippen MR) is 40.6 cm³/mol. The average molecular weight is 166 g/mol. The molecule has 0 aliphatic rings. The maximum absolute atomic E-state index is 10.9. The quantitative estimate of drug-likeness (QED) is 0.648.